The second-order valence-corrected chi connectivity index (χ2v) is 7.61. The third kappa shape index (κ3) is 1.96. The van der Waals surface area contributed by atoms with E-state index >= 15 is 0 Å². The second kappa shape index (κ2) is 5.57. The monoisotopic (exact) mass is 334 g/mol. The Bertz CT molecular complexity index is 1040. The molecule has 0 nitrogen and oxygen atoms in total. The van der Waals surface area contributed by atoms with Crippen molar-refractivity contribution >= 4 is 17.2 Å². The van der Waals surface area contributed by atoms with Gasteiger partial charge in [0.15, 0.2) is 0 Å². The molecule has 5 rings (SSSR count). The summed E-state index contributed by atoms with van der Waals surface area (Å²) in [7, 11) is 0. The van der Waals surface area contributed by atoms with E-state index in [9.17, 15) is 0 Å². The molecule has 2 unspecified atom stereocenters. The van der Waals surface area contributed by atoms with E-state index in [2.05, 4.69) is 105 Å². The molecule has 0 bridgehead atoms. The average Bonchev–Trinajstić information content (AvgIpc) is 2.68. The summed E-state index contributed by atoms with van der Waals surface area (Å²) in [5.74, 6) is 0.418. The van der Waals surface area contributed by atoms with Crippen molar-refractivity contribution in [1.29, 1.82) is 0 Å². The first-order valence-electron chi connectivity index (χ1n) is 9.34. The Morgan fingerprint density at radius 3 is 1.96 bits per heavy atom. The second-order valence-electron chi connectivity index (χ2n) is 7.61. The lowest BCUT2D eigenvalue weighted by atomic mass is 9.47. The van der Waals surface area contributed by atoms with Crippen LogP contribution in [0.4, 0.5) is 0 Å². The Morgan fingerprint density at radius 1 is 0.692 bits per heavy atom. The number of benzene rings is 3. The van der Waals surface area contributed by atoms with Crippen molar-refractivity contribution in [3.63, 3.8) is 0 Å². The largest absolute Gasteiger partial charge is 0.0622 e. The zero-order chi connectivity index (χ0) is 17.7. The summed E-state index contributed by atoms with van der Waals surface area (Å²) in [5, 5.41) is 0. The van der Waals surface area contributed by atoms with E-state index in [-0.39, 0.29) is 5.41 Å². The van der Waals surface area contributed by atoms with Crippen molar-refractivity contribution in [1.82, 2.24) is 0 Å². The molecule has 0 spiro atoms. The van der Waals surface area contributed by atoms with Crippen LogP contribution in [-0.2, 0) is 0 Å². The van der Waals surface area contributed by atoms with Crippen LogP contribution in [0, 0.1) is 5.41 Å². The molecule has 3 aromatic carbocycles. The van der Waals surface area contributed by atoms with Crippen LogP contribution in [0.15, 0.2) is 90.5 Å². The molecule has 2 atom stereocenters. The molecule has 0 aliphatic heterocycles. The first kappa shape index (κ1) is 15.4. The van der Waals surface area contributed by atoms with E-state index in [1.807, 2.05) is 0 Å². The fraction of sp³-hybridized carbons (Fsp3) is 0.154. The summed E-state index contributed by atoms with van der Waals surface area (Å²) in [4.78, 5) is 0. The van der Waals surface area contributed by atoms with Crippen molar-refractivity contribution < 1.29 is 0 Å². The third-order valence-corrected chi connectivity index (χ3v) is 6.30. The van der Waals surface area contributed by atoms with Gasteiger partial charge in [0.25, 0.3) is 0 Å². The van der Waals surface area contributed by atoms with Gasteiger partial charge in [0, 0.05) is 11.3 Å². The number of hydrogen-bond donors (Lipinski definition) is 0. The summed E-state index contributed by atoms with van der Waals surface area (Å²) < 4.78 is 0. The molecular weight excluding hydrogens is 312 g/mol. The molecule has 26 heavy (non-hydrogen) atoms. The summed E-state index contributed by atoms with van der Waals surface area (Å²) in [6, 6.07) is 30.7. The third-order valence-electron chi connectivity index (χ3n) is 6.30. The van der Waals surface area contributed by atoms with Gasteiger partial charge in [-0.1, -0.05) is 104 Å². The van der Waals surface area contributed by atoms with E-state index < -0.39 is 0 Å². The Hall–Kier alpha value is -2.86. The van der Waals surface area contributed by atoms with Crippen LogP contribution < -0.4 is 0 Å². The molecule has 126 valence electrons. The molecule has 0 amide bonds. The van der Waals surface area contributed by atoms with Gasteiger partial charge in [-0.2, -0.15) is 0 Å². The first-order chi connectivity index (χ1) is 12.7. The van der Waals surface area contributed by atoms with Crippen molar-refractivity contribution in [2.75, 3.05) is 0 Å². The van der Waals surface area contributed by atoms with Crippen LogP contribution in [0.5, 0.6) is 0 Å². The fourth-order valence-electron chi connectivity index (χ4n) is 4.95. The number of fused-ring (bicyclic) bond motifs is 3. The van der Waals surface area contributed by atoms with Gasteiger partial charge >= 0.3 is 0 Å². The molecule has 0 aromatic heterocycles. The van der Waals surface area contributed by atoms with E-state index in [0.29, 0.717) is 5.92 Å². The normalized spacial score (nSPS) is 23.6. The Labute approximate surface area is 155 Å². The maximum Gasteiger partial charge on any atom is 0.0252 e. The lowest BCUT2D eigenvalue weighted by molar-refractivity contribution is 0.445. The number of allylic oxidation sites excluding steroid dienone is 3. The highest BCUT2D eigenvalue weighted by Crippen LogP contribution is 2.69. The van der Waals surface area contributed by atoms with Crippen LogP contribution in [0.25, 0.3) is 17.2 Å². The van der Waals surface area contributed by atoms with Gasteiger partial charge in [-0.3, -0.25) is 0 Å². The van der Waals surface area contributed by atoms with Crippen molar-refractivity contribution in [2.45, 2.75) is 19.8 Å². The highest BCUT2D eigenvalue weighted by Gasteiger charge is 2.54. The summed E-state index contributed by atoms with van der Waals surface area (Å²) in [6.45, 7) is 4.72. The van der Waals surface area contributed by atoms with Crippen LogP contribution in [-0.4, -0.2) is 0 Å². The van der Waals surface area contributed by atoms with E-state index in [1.54, 1.807) is 0 Å². The molecule has 0 heteroatoms. The molecule has 0 N–H and O–H groups in total. The Morgan fingerprint density at radius 2 is 1.27 bits per heavy atom. The maximum absolute atomic E-state index is 2.42. The van der Waals surface area contributed by atoms with Crippen molar-refractivity contribution in [3.05, 3.63) is 113 Å². The molecule has 0 saturated heterocycles. The molecule has 0 heterocycles. The van der Waals surface area contributed by atoms with Crippen LogP contribution >= 0.6 is 0 Å². The fourth-order valence-corrected chi connectivity index (χ4v) is 4.95. The SMILES string of the molecule is CC1=Cc2ccccc2C2C(c3ccccc3)=C(c3ccccc3)C12C. The zero-order valence-electron chi connectivity index (χ0n) is 15.2. The van der Waals surface area contributed by atoms with E-state index in [0.717, 1.165) is 0 Å². The highest BCUT2D eigenvalue weighted by molar-refractivity contribution is 6.07. The van der Waals surface area contributed by atoms with Gasteiger partial charge in [0.1, 0.15) is 0 Å². The molecular formula is C26H22. The van der Waals surface area contributed by atoms with Gasteiger partial charge in [-0.15, -0.1) is 0 Å². The molecule has 0 fully saturated rings. The van der Waals surface area contributed by atoms with Gasteiger partial charge in [0.2, 0.25) is 0 Å². The first-order valence-corrected chi connectivity index (χ1v) is 9.34. The summed E-state index contributed by atoms with van der Waals surface area (Å²) in [5.41, 5.74) is 10.0. The average molecular weight is 334 g/mol. The van der Waals surface area contributed by atoms with E-state index in [4.69, 9.17) is 0 Å². The lowest BCUT2D eigenvalue weighted by Gasteiger charge is -2.55. The van der Waals surface area contributed by atoms with Gasteiger partial charge in [0.05, 0.1) is 0 Å². The maximum atomic E-state index is 2.42. The summed E-state index contributed by atoms with van der Waals surface area (Å²) >= 11 is 0. The smallest absolute Gasteiger partial charge is 0.0252 e. The lowest BCUT2D eigenvalue weighted by Crippen LogP contribution is -2.41. The molecule has 2 aliphatic rings. The Kier molecular flexibility index (Phi) is 3.30. The minimum absolute atomic E-state index is 0.0564. The van der Waals surface area contributed by atoms with Crippen LogP contribution in [0.1, 0.15) is 42.0 Å². The Balaban J connectivity index is 1.84. The topological polar surface area (TPSA) is 0 Å². The number of hydrogen-bond acceptors (Lipinski definition) is 0. The van der Waals surface area contributed by atoms with Gasteiger partial charge < -0.3 is 0 Å². The number of rotatable bonds is 2. The minimum atomic E-state index is 0.0564. The molecule has 2 aliphatic carbocycles. The highest BCUT2D eigenvalue weighted by atomic mass is 14.6. The van der Waals surface area contributed by atoms with Crippen molar-refractivity contribution in [3.8, 4) is 0 Å². The zero-order valence-corrected chi connectivity index (χ0v) is 15.2. The van der Waals surface area contributed by atoms with Gasteiger partial charge in [-0.25, -0.2) is 0 Å². The molecule has 0 saturated carbocycles. The quantitative estimate of drug-likeness (QED) is 0.482. The van der Waals surface area contributed by atoms with Crippen LogP contribution in [0.3, 0.4) is 0 Å². The predicted octanol–water partition coefficient (Wildman–Crippen LogP) is 6.82. The van der Waals surface area contributed by atoms with E-state index in [1.165, 1.54) is 39.0 Å². The van der Waals surface area contributed by atoms with Gasteiger partial charge in [-0.05, 0) is 40.3 Å². The van der Waals surface area contributed by atoms with Crippen molar-refractivity contribution in [2.24, 2.45) is 5.41 Å². The van der Waals surface area contributed by atoms with Crippen LogP contribution in [0.2, 0.25) is 0 Å². The minimum Gasteiger partial charge on any atom is -0.0622 e. The predicted molar refractivity (Wildman–Crippen MR) is 111 cm³/mol. The molecule has 3 aromatic rings. The summed E-state index contributed by atoms with van der Waals surface area (Å²) in [6.07, 6.45) is 2.39. The standard InChI is InChI=1S/C26H22/c1-18-17-21-15-9-10-16-22(21)25-23(19-11-5-3-6-12-19)24(26(18,25)2)20-13-7-4-8-14-20/h3-17,25H,1-2H3. The molecule has 0 radical (unpaired) electrons.